The van der Waals surface area contributed by atoms with Gasteiger partial charge in [0, 0.05) is 26.1 Å². The molecule has 19 heavy (non-hydrogen) atoms. The highest BCUT2D eigenvalue weighted by molar-refractivity contribution is 5.69. The zero-order valence-corrected chi connectivity index (χ0v) is 11.7. The van der Waals surface area contributed by atoms with Crippen molar-refractivity contribution in [1.82, 2.24) is 0 Å². The molecule has 0 aromatic heterocycles. The third kappa shape index (κ3) is 7.12. The molecule has 0 aliphatic rings. The van der Waals surface area contributed by atoms with E-state index >= 15 is 0 Å². The summed E-state index contributed by atoms with van der Waals surface area (Å²) in [6.07, 6.45) is 2.22. The Labute approximate surface area is 113 Å². The van der Waals surface area contributed by atoms with Crippen molar-refractivity contribution < 1.29 is 29.3 Å². The summed E-state index contributed by atoms with van der Waals surface area (Å²) in [4.78, 5) is 22.4. The van der Waals surface area contributed by atoms with Crippen LogP contribution < -0.4 is 0 Å². The van der Waals surface area contributed by atoms with Gasteiger partial charge in [0.2, 0.25) is 0 Å². The fourth-order valence-electron chi connectivity index (χ4n) is 2.16. The van der Waals surface area contributed by atoms with Crippen LogP contribution in [0.15, 0.2) is 0 Å². The normalized spacial score (nSPS) is 11.2. The number of methoxy groups -OCH3 is 2. The molecule has 0 saturated heterocycles. The van der Waals surface area contributed by atoms with E-state index < -0.39 is 5.41 Å². The molecular formula is C13H24O6. The van der Waals surface area contributed by atoms with Gasteiger partial charge in [-0.2, -0.15) is 0 Å². The third-order valence-corrected chi connectivity index (χ3v) is 3.46. The second kappa shape index (κ2) is 9.75. The standard InChI is InChI=1S/C13H24O6/c1-18-11(16)3-5-13(7-9-14,8-10-15)6-4-12(17)19-2/h14-15H,3-10H2,1-2H3. The van der Waals surface area contributed by atoms with Gasteiger partial charge < -0.3 is 19.7 Å². The monoisotopic (exact) mass is 276 g/mol. The molecule has 112 valence electrons. The van der Waals surface area contributed by atoms with Gasteiger partial charge in [-0.3, -0.25) is 9.59 Å². The van der Waals surface area contributed by atoms with Crippen molar-refractivity contribution in [3.8, 4) is 0 Å². The average Bonchev–Trinajstić information content (AvgIpc) is 2.42. The van der Waals surface area contributed by atoms with Crippen molar-refractivity contribution in [2.24, 2.45) is 5.41 Å². The number of hydrogen-bond donors (Lipinski definition) is 2. The highest BCUT2D eigenvalue weighted by atomic mass is 16.5. The molecule has 0 fully saturated rings. The van der Waals surface area contributed by atoms with E-state index in [0.29, 0.717) is 25.7 Å². The van der Waals surface area contributed by atoms with Crippen LogP contribution in [0.3, 0.4) is 0 Å². The minimum Gasteiger partial charge on any atom is -0.469 e. The third-order valence-electron chi connectivity index (χ3n) is 3.46. The van der Waals surface area contributed by atoms with E-state index in [-0.39, 0.29) is 38.0 Å². The molecule has 2 N–H and O–H groups in total. The van der Waals surface area contributed by atoms with Crippen molar-refractivity contribution in [2.75, 3.05) is 27.4 Å². The van der Waals surface area contributed by atoms with Crippen LogP contribution in [0.5, 0.6) is 0 Å². The Bertz CT molecular complexity index is 248. The Morgan fingerprint density at radius 3 is 1.47 bits per heavy atom. The van der Waals surface area contributed by atoms with E-state index in [9.17, 15) is 9.59 Å². The fraction of sp³-hybridized carbons (Fsp3) is 0.846. The van der Waals surface area contributed by atoms with Crippen molar-refractivity contribution in [1.29, 1.82) is 0 Å². The van der Waals surface area contributed by atoms with Crippen molar-refractivity contribution in [3.05, 3.63) is 0 Å². The molecule has 0 saturated carbocycles. The summed E-state index contributed by atoms with van der Waals surface area (Å²) in [7, 11) is 2.63. The van der Waals surface area contributed by atoms with E-state index in [1.807, 2.05) is 0 Å². The largest absolute Gasteiger partial charge is 0.469 e. The second-order valence-corrected chi connectivity index (χ2v) is 4.60. The molecule has 0 atom stereocenters. The molecule has 0 radical (unpaired) electrons. The number of esters is 2. The van der Waals surface area contributed by atoms with Gasteiger partial charge >= 0.3 is 11.9 Å². The lowest BCUT2D eigenvalue weighted by molar-refractivity contribution is -0.142. The number of carbonyl (C=O) groups excluding carboxylic acids is 2. The van der Waals surface area contributed by atoms with E-state index in [4.69, 9.17) is 10.2 Å². The number of rotatable bonds is 10. The molecule has 0 aromatic carbocycles. The van der Waals surface area contributed by atoms with Crippen LogP contribution >= 0.6 is 0 Å². The first kappa shape index (κ1) is 17.9. The van der Waals surface area contributed by atoms with Gasteiger partial charge in [0.15, 0.2) is 0 Å². The molecule has 6 heteroatoms. The summed E-state index contributed by atoms with van der Waals surface area (Å²) in [5, 5.41) is 18.3. The Morgan fingerprint density at radius 2 is 1.21 bits per heavy atom. The first-order chi connectivity index (χ1) is 9.03. The Hall–Kier alpha value is -1.14. The van der Waals surface area contributed by atoms with Crippen molar-refractivity contribution >= 4 is 11.9 Å². The van der Waals surface area contributed by atoms with Crippen LogP contribution in [0.25, 0.3) is 0 Å². The van der Waals surface area contributed by atoms with E-state index in [1.165, 1.54) is 14.2 Å². The topological polar surface area (TPSA) is 93.1 Å². The highest BCUT2D eigenvalue weighted by Gasteiger charge is 2.30. The smallest absolute Gasteiger partial charge is 0.305 e. The first-order valence-electron chi connectivity index (χ1n) is 6.39. The maximum absolute atomic E-state index is 11.2. The maximum Gasteiger partial charge on any atom is 0.305 e. The Balaban J connectivity index is 4.64. The SMILES string of the molecule is COC(=O)CCC(CCO)(CCO)CCC(=O)OC. The molecule has 0 rings (SSSR count). The molecule has 0 aliphatic heterocycles. The number of ether oxygens (including phenoxy) is 2. The lowest BCUT2D eigenvalue weighted by atomic mass is 9.74. The maximum atomic E-state index is 11.2. The Morgan fingerprint density at radius 1 is 0.842 bits per heavy atom. The summed E-state index contributed by atoms with van der Waals surface area (Å²) in [5.41, 5.74) is -0.439. The predicted octanol–water partition coefficient (Wildman–Crippen LogP) is 0.644. The summed E-state index contributed by atoms with van der Waals surface area (Å²) in [6, 6.07) is 0. The average molecular weight is 276 g/mol. The van der Waals surface area contributed by atoms with Gasteiger partial charge in [-0.1, -0.05) is 0 Å². The molecule has 0 spiro atoms. The molecule has 0 heterocycles. The molecule has 0 bridgehead atoms. The zero-order chi connectivity index (χ0) is 14.7. The molecule has 0 aromatic rings. The van der Waals surface area contributed by atoms with Crippen LogP contribution in [-0.4, -0.2) is 49.6 Å². The minimum atomic E-state index is -0.439. The van der Waals surface area contributed by atoms with Gasteiger partial charge in [0.05, 0.1) is 14.2 Å². The van der Waals surface area contributed by atoms with Crippen LogP contribution in [-0.2, 0) is 19.1 Å². The molecule has 0 amide bonds. The van der Waals surface area contributed by atoms with Gasteiger partial charge in [0.25, 0.3) is 0 Å². The van der Waals surface area contributed by atoms with Crippen molar-refractivity contribution in [2.45, 2.75) is 38.5 Å². The summed E-state index contributed by atoms with van der Waals surface area (Å²) in [5.74, 6) is -0.670. The number of aliphatic hydroxyl groups is 2. The molecule has 0 aliphatic carbocycles. The first-order valence-corrected chi connectivity index (χ1v) is 6.39. The lowest BCUT2D eigenvalue weighted by Crippen LogP contribution is -2.26. The van der Waals surface area contributed by atoms with Gasteiger partial charge in [0.1, 0.15) is 0 Å². The molecule has 0 unspecified atom stereocenters. The number of carbonyl (C=O) groups is 2. The molecular weight excluding hydrogens is 252 g/mol. The minimum absolute atomic E-state index is 0.0532. The summed E-state index contributed by atoms with van der Waals surface area (Å²) >= 11 is 0. The molecule has 6 nitrogen and oxygen atoms in total. The van der Waals surface area contributed by atoms with Crippen LogP contribution in [0.1, 0.15) is 38.5 Å². The Kier molecular flexibility index (Phi) is 9.16. The van der Waals surface area contributed by atoms with Gasteiger partial charge in [-0.25, -0.2) is 0 Å². The quantitative estimate of drug-likeness (QED) is 0.569. The van der Waals surface area contributed by atoms with Gasteiger partial charge in [-0.15, -0.1) is 0 Å². The van der Waals surface area contributed by atoms with Crippen LogP contribution in [0.4, 0.5) is 0 Å². The lowest BCUT2D eigenvalue weighted by Gasteiger charge is -2.32. The second-order valence-electron chi connectivity index (χ2n) is 4.60. The fourth-order valence-corrected chi connectivity index (χ4v) is 2.16. The zero-order valence-electron chi connectivity index (χ0n) is 11.7. The van der Waals surface area contributed by atoms with E-state index in [1.54, 1.807) is 0 Å². The summed E-state index contributed by atoms with van der Waals surface area (Å²) in [6.45, 7) is -0.106. The van der Waals surface area contributed by atoms with E-state index in [2.05, 4.69) is 9.47 Å². The van der Waals surface area contributed by atoms with Crippen LogP contribution in [0.2, 0.25) is 0 Å². The van der Waals surface area contributed by atoms with Crippen molar-refractivity contribution in [3.63, 3.8) is 0 Å². The number of aliphatic hydroxyl groups excluding tert-OH is 2. The van der Waals surface area contributed by atoms with Crippen LogP contribution in [0, 0.1) is 5.41 Å². The highest BCUT2D eigenvalue weighted by Crippen LogP contribution is 2.37. The van der Waals surface area contributed by atoms with Gasteiger partial charge in [-0.05, 0) is 31.1 Å². The van der Waals surface area contributed by atoms with E-state index in [0.717, 1.165) is 0 Å². The predicted molar refractivity (Wildman–Crippen MR) is 68.3 cm³/mol. The summed E-state index contributed by atoms with van der Waals surface area (Å²) < 4.78 is 9.19. The number of hydrogen-bond acceptors (Lipinski definition) is 6.